The van der Waals surface area contributed by atoms with Gasteiger partial charge in [0.05, 0.1) is 17.4 Å². The molecule has 1 aliphatic rings. The van der Waals surface area contributed by atoms with Crippen LogP contribution in [0.25, 0.3) is 0 Å². The normalized spacial score (nSPS) is 19.8. The second kappa shape index (κ2) is 10.8. The van der Waals surface area contributed by atoms with E-state index in [9.17, 15) is 8.42 Å². The first-order valence-electron chi connectivity index (χ1n) is 12.0. The predicted molar refractivity (Wildman–Crippen MR) is 144 cm³/mol. The van der Waals surface area contributed by atoms with Crippen molar-refractivity contribution in [3.05, 3.63) is 70.7 Å². The molecule has 3 unspecified atom stereocenters. The Morgan fingerprint density at radius 3 is 2.38 bits per heavy atom. The van der Waals surface area contributed by atoms with Gasteiger partial charge in [-0.1, -0.05) is 74.8 Å². The van der Waals surface area contributed by atoms with Crippen LogP contribution in [0.15, 0.2) is 54.6 Å². The van der Waals surface area contributed by atoms with Gasteiger partial charge in [0, 0.05) is 24.7 Å². The van der Waals surface area contributed by atoms with E-state index in [-0.39, 0.29) is 17.2 Å². The SMILES string of the molecule is CC(c1cccc(Cl)c1)S(=O)(=O)NC(CN1CCC(O[Si](C)(C)C(C)(C)C)C1)c1ccccc1. The van der Waals surface area contributed by atoms with Crippen molar-refractivity contribution in [1.29, 1.82) is 0 Å². The molecule has 1 aliphatic heterocycles. The highest BCUT2D eigenvalue weighted by Crippen LogP contribution is 2.38. The van der Waals surface area contributed by atoms with Crippen LogP contribution in [0, 0.1) is 0 Å². The highest BCUT2D eigenvalue weighted by atomic mass is 35.5. The lowest BCUT2D eigenvalue weighted by Gasteiger charge is -2.38. The smallest absolute Gasteiger partial charge is 0.219 e. The number of hydrogen-bond donors (Lipinski definition) is 1. The average molecular weight is 523 g/mol. The molecular formula is C26H39ClN2O3SSi. The monoisotopic (exact) mass is 522 g/mol. The fraction of sp³-hybridized carbons (Fsp3) is 0.538. The Hall–Kier alpha value is -1.22. The van der Waals surface area contributed by atoms with Gasteiger partial charge in [-0.3, -0.25) is 4.90 Å². The van der Waals surface area contributed by atoms with Crippen LogP contribution in [0.2, 0.25) is 23.2 Å². The second-order valence-corrected chi connectivity index (χ2v) is 18.1. The molecule has 0 aromatic heterocycles. The Labute approximate surface area is 212 Å². The van der Waals surface area contributed by atoms with Gasteiger partial charge in [0.25, 0.3) is 0 Å². The quantitative estimate of drug-likeness (QED) is 0.401. The zero-order valence-electron chi connectivity index (χ0n) is 21.2. The summed E-state index contributed by atoms with van der Waals surface area (Å²) in [6, 6.07) is 16.5. The third-order valence-corrected chi connectivity index (χ3v) is 13.8. The number of hydrogen-bond acceptors (Lipinski definition) is 4. The van der Waals surface area contributed by atoms with Crippen molar-refractivity contribution in [3.8, 4) is 0 Å². The van der Waals surface area contributed by atoms with E-state index >= 15 is 0 Å². The minimum atomic E-state index is -3.64. The summed E-state index contributed by atoms with van der Waals surface area (Å²) in [5.41, 5.74) is 1.63. The average Bonchev–Trinajstić information content (AvgIpc) is 3.18. The molecule has 34 heavy (non-hydrogen) atoms. The fourth-order valence-corrected chi connectivity index (χ4v) is 6.94. The lowest BCUT2D eigenvalue weighted by atomic mass is 10.1. The zero-order valence-corrected chi connectivity index (χ0v) is 23.8. The molecule has 1 saturated heterocycles. The standard InChI is InChI=1S/C26H39ClN2O3SSi/c1-20(22-13-10-14-23(27)17-22)33(30,31)28-25(21-11-8-7-9-12-21)19-29-16-15-24(18-29)32-34(5,6)26(2,3)4/h7-14,17,20,24-25,28H,15-16,18-19H2,1-6H3. The summed E-state index contributed by atoms with van der Waals surface area (Å²) in [5.74, 6) is 0. The molecule has 3 rings (SSSR count). The number of nitrogens with one attached hydrogen (secondary N) is 1. The Morgan fingerprint density at radius 1 is 1.12 bits per heavy atom. The van der Waals surface area contributed by atoms with Gasteiger partial charge in [-0.15, -0.1) is 0 Å². The lowest BCUT2D eigenvalue weighted by Crippen LogP contribution is -2.45. The number of halogens is 1. The van der Waals surface area contributed by atoms with Crippen molar-refractivity contribution in [2.24, 2.45) is 0 Å². The van der Waals surface area contributed by atoms with Crippen LogP contribution in [0.1, 0.15) is 56.5 Å². The van der Waals surface area contributed by atoms with Gasteiger partial charge >= 0.3 is 0 Å². The minimum Gasteiger partial charge on any atom is -0.413 e. The predicted octanol–water partition coefficient (Wildman–Crippen LogP) is 6.16. The largest absolute Gasteiger partial charge is 0.413 e. The summed E-state index contributed by atoms with van der Waals surface area (Å²) in [6.07, 6.45) is 1.17. The number of likely N-dealkylation sites (tertiary alicyclic amines) is 1. The Bertz CT molecular complexity index is 1060. The number of sulfonamides is 1. The van der Waals surface area contributed by atoms with Crippen molar-refractivity contribution in [2.75, 3.05) is 19.6 Å². The summed E-state index contributed by atoms with van der Waals surface area (Å²) in [4.78, 5) is 2.32. The molecule has 1 heterocycles. The van der Waals surface area contributed by atoms with Crippen LogP contribution < -0.4 is 4.72 Å². The molecule has 0 spiro atoms. The molecule has 2 aromatic carbocycles. The first-order valence-corrected chi connectivity index (χ1v) is 16.8. The summed E-state index contributed by atoms with van der Waals surface area (Å²) in [6.45, 7) is 15.4. The summed E-state index contributed by atoms with van der Waals surface area (Å²) < 4.78 is 36.4. The van der Waals surface area contributed by atoms with Crippen LogP contribution in [0.4, 0.5) is 0 Å². The van der Waals surface area contributed by atoms with Crippen molar-refractivity contribution in [3.63, 3.8) is 0 Å². The topological polar surface area (TPSA) is 58.6 Å². The Balaban J connectivity index is 1.74. The van der Waals surface area contributed by atoms with Crippen molar-refractivity contribution in [2.45, 2.75) is 69.6 Å². The van der Waals surface area contributed by atoms with Crippen LogP contribution in [-0.4, -0.2) is 47.4 Å². The molecule has 1 N–H and O–H groups in total. The van der Waals surface area contributed by atoms with E-state index < -0.39 is 23.6 Å². The maximum atomic E-state index is 13.4. The van der Waals surface area contributed by atoms with Gasteiger partial charge in [-0.05, 0) is 54.7 Å². The molecule has 0 bridgehead atoms. The number of nitrogens with zero attached hydrogens (tertiary/aromatic N) is 1. The van der Waals surface area contributed by atoms with Gasteiger partial charge < -0.3 is 4.43 Å². The van der Waals surface area contributed by atoms with E-state index in [0.29, 0.717) is 17.1 Å². The summed E-state index contributed by atoms with van der Waals surface area (Å²) in [7, 11) is -5.49. The first kappa shape index (κ1) is 27.4. The molecule has 3 atom stereocenters. The molecule has 0 amide bonds. The molecule has 8 heteroatoms. The van der Waals surface area contributed by atoms with E-state index in [0.717, 1.165) is 25.1 Å². The van der Waals surface area contributed by atoms with Gasteiger partial charge in [-0.25, -0.2) is 13.1 Å². The maximum absolute atomic E-state index is 13.4. The molecule has 1 fully saturated rings. The van der Waals surface area contributed by atoms with Gasteiger partial charge in [0.15, 0.2) is 8.32 Å². The van der Waals surface area contributed by atoms with Crippen LogP contribution in [0.5, 0.6) is 0 Å². The van der Waals surface area contributed by atoms with Gasteiger partial charge in [0.1, 0.15) is 0 Å². The van der Waals surface area contributed by atoms with Crippen LogP contribution >= 0.6 is 11.6 Å². The molecular weight excluding hydrogens is 484 g/mol. The maximum Gasteiger partial charge on any atom is 0.219 e. The highest BCUT2D eigenvalue weighted by molar-refractivity contribution is 7.89. The van der Waals surface area contributed by atoms with Gasteiger partial charge in [0.2, 0.25) is 10.0 Å². The minimum absolute atomic E-state index is 0.166. The molecule has 0 saturated carbocycles. The van der Waals surface area contributed by atoms with E-state index in [1.54, 1.807) is 31.2 Å². The van der Waals surface area contributed by atoms with E-state index in [1.165, 1.54) is 0 Å². The third-order valence-electron chi connectivity index (χ3n) is 7.23. The number of benzene rings is 2. The third kappa shape index (κ3) is 6.92. The van der Waals surface area contributed by atoms with Crippen LogP contribution in [0.3, 0.4) is 0 Å². The van der Waals surface area contributed by atoms with Crippen molar-refractivity contribution in [1.82, 2.24) is 9.62 Å². The number of rotatable bonds is 9. The van der Waals surface area contributed by atoms with E-state index in [2.05, 4.69) is 43.5 Å². The molecule has 0 radical (unpaired) electrons. The van der Waals surface area contributed by atoms with Gasteiger partial charge in [-0.2, -0.15) is 0 Å². The first-order chi connectivity index (χ1) is 15.8. The van der Waals surface area contributed by atoms with Crippen LogP contribution in [-0.2, 0) is 14.4 Å². The Kier molecular flexibility index (Phi) is 8.70. The lowest BCUT2D eigenvalue weighted by molar-refractivity contribution is 0.178. The molecule has 2 aromatic rings. The highest BCUT2D eigenvalue weighted by Gasteiger charge is 2.41. The van der Waals surface area contributed by atoms with E-state index in [4.69, 9.17) is 16.0 Å². The Morgan fingerprint density at radius 2 is 1.76 bits per heavy atom. The molecule has 188 valence electrons. The van der Waals surface area contributed by atoms with Crippen molar-refractivity contribution < 1.29 is 12.8 Å². The summed E-state index contributed by atoms with van der Waals surface area (Å²) >= 11 is 6.11. The molecule has 5 nitrogen and oxygen atoms in total. The fourth-order valence-electron chi connectivity index (χ4n) is 4.05. The van der Waals surface area contributed by atoms with E-state index in [1.807, 2.05) is 30.3 Å². The zero-order chi connectivity index (χ0) is 25.1. The molecule has 0 aliphatic carbocycles. The second-order valence-electron chi connectivity index (χ2n) is 10.9. The summed E-state index contributed by atoms with van der Waals surface area (Å²) in [5, 5.41) is -0.0197. The van der Waals surface area contributed by atoms with Crippen molar-refractivity contribution >= 4 is 29.9 Å².